The Hall–Kier alpha value is -2.66. The highest BCUT2D eigenvalue weighted by atomic mass is 16.3. The Labute approximate surface area is 141 Å². The zero-order chi connectivity index (χ0) is 17.4. The predicted molar refractivity (Wildman–Crippen MR) is 94.3 cm³/mol. The van der Waals surface area contributed by atoms with Gasteiger partial charge in [-0.2, -0.15) is 0 Å². The highest BCUT2D eigenvalue weighted by molar-refractivity contribution is 6.06. The molecule has 0 fully saturated rings. The minimum absolute atomic E-state index is 0.0958. The fourth-order valence-electron chi connectivity index (χ4n) is 2.23. The lowest BCUT2D eigenvalue weighted by Gasteiger charge is -2.08. The van der Waals surface area contributed by atoms with Gasteiger partial charge in [0.25, 0.3) is 11.8 Å². The van der Waals surface area contributed by atoms with Crippen LogP contribution in [0.25, 0.3) is 0 Å². The molecule has 2 amide bonds. The smallest absolute Gasteiger partial charge is 0.255 e. The van der Waals surface area contributed by atoms with Gasteiger partial charge in [0.05, 0.1) is 0 Å². The molecule has 0 atom stereocenters. The SMILES string of the molecule is CCCNC(=O)c1cccc(C(=O)Nc2ccc(CCO)cc2)c1. The number of carbonyl (C=O) groups is 2. The first-order valence-electron chi connectivity index (χ1n) is 8.03. The first-order valence-corrected chi connectivity index (χ1v) is 8.03. The van der Waals surface area contributed by atoms with E-state index in [1.807, 2.05) is 19.1 Å². The summed E-state index contributed by atoms with van der Waals surface area (Å²) in [6, 6.07) is 13.9. The summed E-state index contributed by atoms with van der Waals surface area (Å²) in [5, 5.41) is 14.5. The van der Waals surface area contributed by atoms with Crippen LogP contribution < -0.4 is 10.6 Å². The molecule has 0 unspecified atom stereocenters. The first kappa shape index (κ1) is 17.7. The number of rotatable bonds is 7. The van der Waals surface area contributed by atoms with Gasteiger partial charge in [-0.05, 0) is 48.7 Å². The second-order valence-electron chi connectivity index (χ2n) is 5.46. The van der Waals surface area contributed by atoms with Gasteiger partial charge in [0.2, 0.25) is 0 Å². The number of aliphatic hydroxyl groups excluding tert-OH is 1. The molecule has 0 bridgehead atoms. The summed E-state index contributed by atoms with van der Waals surface area (Å²) in [5.74, 6) is -0.449. The fraction of sp³-hybridized carbons (Fsp3) is 0.263. The maximum atomic E-state index is 12.3. The van der Waals surface area contributed by atoms with E-state index in [0.717, 1.165) is 12.0 Å². The lowest BCUT2D eigenvalue weighted by Crippen LogP contribution is -2.24. The number of carbonyl (C=O) groups excluding carboxylic acids is 2. The minimum atomic E-state index is -0.268. The molecule has 0 saturated carbocycles. The normalized spacial score (nSPS) is 10.2. The van der Waals surface area contributed by atoms with Gasteiger partial charge in [0.15, 0.2) is 0 Å². The van der Waals surface area contributed by atoms with Crippen LogP contribution in [0.15, 0.2) is 48.5 Å². The average molecular weight is 326 g/mol. The summed E-state index contributed by atoms with van der Waals surface area (Å²) in [7, 11) is 0. The largest absolute Gasteiger partial charge is 0.396 e. The van der Waals surface area contributed by atoms with E-state index in [1.54, 1.807) is 36.4 Å². The highest BCUT2D eigenvalue weighted by Crippen LogP contribution is 2.13. The van der Waals surface area contributed by atoms with Crippen LogP contribution in [-0.2, 0) is 6.42 Å². The van der Waals surface area contributed by atoms with Crippen molar-refractivity contribution in [3.05, 3.63) is 65.2 Å². The van der Waals surface area contributed by atoms with Crippen molar-refractivity contribution in [2.75, 3.05) is 18.5 Å². The molecule has 5 heteroatoms. The van der Waals surface area contributed by atoms with Crippen LogP contribution in [0.2, 0.25) is 0 Å². The Kier molecular flexibility index (Phi) is 6.51. The Morgan fingerprint density at radius 3 is 2.29 bits per heavy atom. The second kappa shape index (κ2) is 8.84. The summed E-state index contributed by atoms with van der Waals surface area (Å²) < 4.78 is 0. The molecule has 126 valence electrons. The molecule has 2 aromatic carbocycles. The Balaban J connectivity index is 2.05. The number of nitrogens with one attached hydrogen (secondary N) is 2. The van der Waals surface area contributed by atoms with E-state index < -0.39 is 0 Å². The van der Waals surface area contributed by atoms with Gasteiger partial charge < -0.3 is 15.7 Å². The zero-order valence-electron chi connectivity index (χ0n) is 13.7. The van der Waals surface area contributed by atoms with Gasteiger partial charge in [-0.1, -0.05) is 25.1 Å². The van der Waals surface area contributed by atoms with Crippen molar-refractivity contribution >= 4 is 17.5 Å². The fourth-order valence-corrected chi connectivity index (χ4v) is 2.23. The maximum Gasteiger partial charge on any atom is 0.255 e. The third-order valence-corrected chi connectivity index (χ3v) is 3.53. The topological polar surface area (TPSA) is 78.4 Å². The molecule has 0 radical (unpaired) electrons. The number of hydrogen-bond acceptors (Lipinski definition) is 3. The Morgan fingerprint density at radius 2 is 1.67 bits per heavy atom. The first-order chi connectivity index (χ1) is 11.6. The molecule has 0 spiro atoms. The van der Waals surface area contributed by atoms with Crippen LogP contribution >= 0.6 is 0 Å². The van der Waals surface area contributed by atoms with Gasteiger partial charge in [-0.25, -0.2) is 0 Å². The molecule has 0 heterocycles. The van der Waals surface area contributed by atoms with Gasteiger partial charge >= 0.3 is 0 Å². The number of aliphatic hydroxyl groups is 1. The standard InChI is InChI=1S/C19H22N2O3/c1-2-11-20-18(23)15-4-3-5-16(13-15)19(24)21-17-8-6-14(7-9-17)10-12-22/h3-9,13,22H,2,10-12H2,1H3,(H,20,23)(H,21,24). The number of hydrogen-bond donors (Lipinski definition) is 3. The van der Waals surface area contributed by atoms with E-state index in [-0.39, 0.29) is 18.4 Å². The van der Waals surface area contributed by atoms with Crippen molar-refractivity contribution in [1.82, 2.24) is 5.32 Å². The molecular weight excluding hydrogens is 304 g/mol. The zero-order valence-corrected chi connectivity index (χ0v) is 13.7. The van der Waals surface area contributed by atoms with Crippen LogP contribution in [0, 0.1) is 0 Å². The van der Waals surface area contributed by atoms with E-state index in [4.69, 9.17) is 5.11 Å². The van der Waals surface area contributed by atoms with Crippen molar-refractivity contribution in [3.8, 4) is 0 Å². The molecule has 5 nitrogen and oxygen atoms in total. The van der Waals surface area contributed by atoms with Crippen LogP contribution in [0.4, 0.5) is 5.69 Å². The van der Waals surface area contributed by atoms with Gasteiger partial charge in [0, 0.05) is 30.0 Å². The lowest BCUT2D eigenvalue weighted by molar-refractivity contribution is 0.0953. The molecule has 2 rings (SSSR count). The summed E-state index contributed by atoms with van der Waals surface area (Å²) in [4.78, 5) is 24.3. The summed E-state index contributed by atoms with van der Waals surface area (Å²) in [6.45, 7) is 2.68. The lowest BCUT2D eigenvalue weighted by atomic mass is 10.1. The number of benzene rings is 2. The van der Waals surface area contributed by atoms with Gasteiger partial charge in [-0.3, -0.25) is 9.59 Å². The van der Waals surface area contributed by atoms with Gasteiger partial charge in [0.1, 0.15) is 0 Å². The van der Waals surface area contributed by atoms with E-state index in [2.05, 4.69) is 10.6 Å². The molecule has 0 saturated heterocycles. The van der Waals surface area contributed by atoms with Crippen LogP contribution in [0.1, 0.15) is 39.6 Å². The number of amides is 2. The maximum absolute atomic E-state index is 12.3. The molecule has 0 aliphatic rings. The van der Waals surface area contributed by atoms with Crippen molar-refractivity contribution in [1.29, 1.82) is 0 Å². The Morgan fingerprint density at radius 1 is 1.00 bits per heavy atom. The predicted octanol–water partition coefficient (Wildman–Crippen LogP) is 2.61. The molecule has 0 aliphatic heterocycles. The molecule has 3 N–H and O–H groups in total. The van der Waals surface area contributed by atoms with E-state index >= 15 is 0 Å². The minimum Gasteiger partial charge on any atom is -0.396 e. The number of anilines is 1. The molecule has 0 aromatic heterocycles. The summed E-state index contributed by atoms with van der Waals surface area (Å²) in [5.41, 5.74) is 2.57. The van der Waals surface area contributed by atoms with E-state index in [0.29, 0.717) is 29.8 Å². The van der Waals surface area contributed by atoms with E-state index in [1.165, 1.54) is 0 Å². The molecule has 24 heavy (non-hydrogen) atoms. The third kappa shape index (κ3) is 4.93. The van der Waals surface area contributed by atoms with Crippen LogP contribution in [0.5, 0.6) is 0 Å². The highest BCUT2D eigenvalue weighted by Gasteiger charge is 2.10. The molecule has 0 aliphatic carbocycles. The van der Waals surface area contributed by atoms with Crippen molar-refractivity contribution in [2.24, 2.45) is 0 Å². The molecular formula is C19H22N2O3. The molecule has 2 aromatic rings. The van der Waals surface area contributed by atoms with Gasteiger partial charge in [-0.15, -0.1) is 0 Å². The quantitative estimate of drug-likeness (QED) is 0.732. The van der Waals surface area contributed by atoms with Crippen LogP contribution in [-0.4, -0.2) is 30.1 Å². The van der Waals surface area contributed by atoms with Crippen LogP contribution in [0.3, 0.4) is 0 Å². The van der Waals surface area contributed by atoms with Crippen molar-refractivity contribution < 1.29 is 14.7 Å². The monoisotopic (exact) mass is 326 g/mol. The summed E-state index contributed by atoms with van der Waals surface area (Å²) in [6.07, 6.45) is 1.45. The summed E-state index contributed by atoms with van der Waals surface area (Å²) >= 11 is 0. The second-order valence-corrected chi connectivity index (χ2v) is 5.46. The van der Waals surface area contributed by atoms with E-state index in [9.17, 15) is 9.59 Å². The third-order valence-electron chi connectivity index (χ3n) is 3.53. The van der Waals surface area contributed by atoms with Crippen molar-refractivity contribution in [2.45, 2.75) is 19.8 Å². The average Bonchev–Trinajstić information content (AvgIpc) is 2.61. The Bertz CT molecular complexity index is 696. The van der Waals surface area contributed by atoms with Crippen molar-refractivity contribution in [3.63, 3.8) is 0 Å².